The van der Waals surface area contributed by atoms with Crippen molar-refractivity contribution in [2.24, 2.45) is 0 Å². The number of rotatable bonds is 4. The lowest BCUT2D eigenvalue weighted by atomic mass is 10.1. The summed E-state index contributed by atoms with van der Waals surface area (Å²) in [7, 11) is 0. The summed E-state index contributed by atoms with van der Waals surface area (Å²) >= 11 is 0. The Hall–Kier alpha value is -1.88. The van der Waals surface area contributed by atoms with Crippen LogP contribution in [-0.2, 0) is 6.54 Å². The minimum absolute atomic E-state index is 0.303. The normalized spacial score (nSPS) is 12.4. The molecule has 0 amide bonds. The maximum Gasteiger partial charge on any atom is 0.128 e. The third-order valence-electron chi connectivity index (χ3n) is 2.64. The molecule has 3 nitrogen and oxygen atoms in total. The van der Waals surface area contributed by atoms with E-state index < -0.39 is 11.6 Å². The highest BCUT2D eigenvalue weighted by Crippen LogP contribution is 2.18. The maximum atomic E-state index is 13.5. The highest BCUT2D eigenvalue weighted by atomic mass is 19.1. The highest BCUT2D eigenvalue weighted by Gasteiger charge is 2.11. The average molecular weight is 249 g/mol. The molecule has 5 heteroatoms. The predicted octanol–water partition coefficient (Wildman–Crippen LogP) is 2.61. The lowest BCUT2D eigenvalue weighted by Gasteiger charge is -2.14. The Kier molecular flexibility index (Phi) is 3.94. The molecule has 1 aromatic carbocycles. The van der Waals surface area contributed by atoms with Crippen molar-refractivity contribution >= 4 is 0 Å². The number of halogens is 2. The van der Waals surface area contributed by atoms with Crippen LogP contribution in [0.25, 0.3) is 0 Å². The van der Waals surface area contributed by atoms with E-state index in [1.165, 1.54) is 6.07 Å². The van der Waals surface area contributed by atoms with Gasteiger partial charge in [-0.1, -0.05) is 0 Å². The predicted molar refractivity (Wildman–Crippen MR) is 63.6 cm³/mol. The van der Waals surface area contributed by atoms with Gasteiger partial charge < -0.3 is 5.32 Å². The Morgan fingerprint density at radius 1 is 1.28 bits per heavy atom. The van der Waals surface area contributed by atoms with Gasteiger partial charge in [0.05, 0.1) is 5.69 Å². The number of nitrogens with one attached hydrogen (secondary N) is 1. The van der Waals surface area contributed by atoms with Gasteiger partial charge in [-0.25, -0.2) is 8.78 Å². The molecule has 1 atom stereocenters. The molecule has 0 saturated carbocycles. The first-order valence-corrected chi connectivity index (χ1v) is 5.61. The smallest absolute Gasteiger partial charge is 0.128 e. The summed E-state index contributed by atoms with van der Waals surface area (Å²) in [4.78, 5) is 0. The molecule has 0 aliphatic heterocycles. The van der Waals surface area contributed by atoms with Crippen LogP contribution in [0.2, 0.25) is 0 Å². The summed E-state index contributed by atoms with van der Waals surface area (Å²) in [5.74, 6) is -0.866. The van der Waals surface area contributed by atoms with Gasteiger partial charge in [0, 0.05) is 24.3 Å². The summed E-state index contributed by atoms with van der Waals surface area (Å²) in [5.41, 5.74) is 1.06. The molecule has 18 heavy (non-hydrogen) atoms. The summed E-state index contributed by atoms with van der Waals surface area (Å²) in [6, 6.07) is 6.72. The molecular formula is C13H13F2N3. The van der Waals surface area contributed by atoms with E-state index in [0.717, 1.165) is 17.8 Å². The number of hydrogen-bond acceptors (Lipinski definition) is 3. The van der Waals surface area contributed by atoms with Crippen LogP contribution in [0.15, 0.2) is 36.5 Å². The van der Waals surface area contributed by atoms with E-state index in [-0.39, 0.29) is 6.04 Å². The lowest BCUT2D eigenvalue weighted by Crippen LogP contribution is -2.20. The zero-order valence-corrected chi connectivity index (χ0v) is 9.90. The van der Waals surface area contributed by atoms with Gasteiger partial charge in [0.2, 0.25) is 0 Å². The zero-order valence-electron chi connectivity index (χ0n) is 9.90. The molecule has 1 N–H and O–H groups in total. The molecule has 2 aromatic rings. The second-order valence-corrected chi connectivity index (χ2v) is 3.98. The van der Waals surface area contributed by atoms with Gasteiger partial charge in [0.25, 0.3) is 0 Å². The molecule has 0 aliphatic rings. The van der Waals surface area contributed by atoms with Crippen LogP contribution in [-0.4, -0.2) is 10.2 Å². The fourth-order valence-electron chi connectivity index (χ4n) is 1.64. The topological polar surface area (TPSA) is 37.8 Å². The number of hydrogen-bond donors (Lipinski definition) is 1. The molecule has 0 saturated heterocycles. The molecule has 0 spiro atoms. The average Bonchev–Trinajstić information content (AvgIpc) is 2.40. The first kappa shape index (κ1) is 12.6. The van der Waals surface area contributed by atoms with Gasteiger partial charge in [-0.3, -0.25) is 0 Å². The van der Waals surface area contributed by atoms with E-state index in [9.17, 15) is 8.78 Å². The first-order chi connectivity index (χ1) is 8.66. The minimum Gasteiger partial charge on any atom is -0.304 e. The van der Waals surface area contributed by atoms with Crippen molar-refractivity contribution in [2.45, 2.75) is 19.5 Å². The SMILES string of the molecule is CC(NCc1cccnn1)c1cc(F)ccc1F. The molecule has 2 rings (SSSR count). The van der Waals surface area contributed by atoms with Crippen molar-refractivity contribution in [1.29, 1.82) is 0 Å². The van der Waals surface area contributed by atoms with Crippen molar-refractivity contribution in [3.8, 4) is 0 Å². The van der Waals surface area contributed by atoms with E-state index in [1.54, 1.807) is 19.2 Å². The third-order valence-corrected chi connectivity index (χ3v) is 2.64. The fourth-order valence-corrected chi connectivity index (χ4v) is 1.64. The molecule has 1 aromatic heterocycles. The molecule has 94 valence electrons. The number of aromatic nitrogens is 2. The fraction of sp³-hybridized carbons (Fsp3) is 0.231. The van der Waals surface area contributed by atoms with E-state index in [4.69, 9.17) is 0 Å². The van der Waals surface area contributed by atoms with Gasteiger partial charge in [-0.15, -0.1) is 0 Å². The summed E-state index contributed by atoms with van der Waals surface area (Å²) in [6.07, 6.45) is 1.58. The third kappa shape index (κ3) is 3.07. The Morgan fingerprint density at radius 3 is 2.83 bits per heavy atom. The van der Waals surface area contributed by atoms with Crippen LogP contribution >= 0.6 is 0 Å². The summed E-state index contributed by atoms with van der Waals surface area (Å²) < 4.78 is 26.6. The largest absolute Gasteiger partial charge is 0.304 e. The van der Waals surface area contributed by atoms with Gasteiger partial charge in [-0.2, -0.15) is 10.2 Å². The van der Waals surface area contributed by atoms with Crippen LogP contribution in [0.5, 0.6) is 0 Å². The maximum absolute atomic E-state index is 13.5. The standard InChI is InChI=1S/C13H13F2N3/c1-9(12-7-10(14)4-5-13(12)15)16-8-11-3-2-6-17-18-11/h2-7,9,16H,8H2,1H3. The second kappa shape index (κ2) is 5.64. The minimum atomic E-state index is -0.445. The van der Waals surface area contributed by atoms with Crippen molar-refractivity contribution in [3.05, 3.63) is 59.4 Å². The van der Waals surface area contributed by atoms with Crippen molar-refractivity contribution in [1.82, 2.24) is 15.5 Å². The summed E-state index contributed by atoms with van der Waals surface area (Å²) in [6.45, 7) is 2.22. The Balaban J connectivity index is 2.03. The van der Waals surface area contributed by atoms with Crippen molar-refractivity contribution in [3.63, 3.8) is 0 Å². The van der Waals surface area contributed by atoms with Crippen LogP contribution in [0.3, 0.4) is 0 Å². The zero-order chi connectivity index (χ0) is 13.0. The second-order valence-electron chi connectivity index (χ2n) is 3.98. The van der Waals surface area contributed by atoms with E-state index in [2.05, 4.69) is 15.5 Å². The number of benzene rings is 1. The van der Waals surface area contributed by atoms with Gasteiger partial charge in [-0.05, 0) is 37.3 Å². The highest BCUT2D eigenvalue weighted by molar-refractivity contribution is 5.21. The van der Waals surface area contributed by atoms with Crippen LogP contribution < -0.4 is 5.32 Å². The van der Waals surface area contributed by atoms with Gasteiger partial charge >= 0.3 is 0 Å². The van der Waals surface area contributed by atoms with Crippen molar-refractivity contribution in [2.75, 3.05) is 0 Å². The van der Waals surface area contributed by atoms with Crippen LogP contribution in [0.1, 0.15) is 24.2 Å². The number of nitrogens with zero attached hydrogens (tertiary/aromatic N) is 2. The van der Waals surface area contributed by atoms with Crippen LogP contribution in [0.4, 0.5) is 8.78 Å². The molecule has 0 bridgehead atoms. The monoisotopic (exact) mass is 249 g/mol. The van der Waals surface area contributed by atoms with Crippen molar-refractivity contribution < 1.29 is 8.78 Å². The van der Waals surface area contributed by atoms with E-state index in [1.807, 2.05) is 6.07 Å². The molecule has 1 heterocycles. The Morgan fingerprint density at radius 2 is 2.11 bits per heavy atom. The molecule has 0 radical (unpaired) electrons. The van der Waals surface area contributed by atoms with E-state index in [0.29, 0.717) is 12.1 Å². The quantitative estimate of drug-likeness (QED) is 0.905. The van der Waals surface area contributed by atoms with Gasteiger partial charge in [0.1, 0.15) is 11.6 Å². The first-order valence-electron chi connectivity index (χ1n) is 5.61. The van der Waals surface area contributed by atoms with Gasteiger partial charge in [0.15, 0.2) is 0 Å². The summed E-state index contributed by atoms with van der Waals surface area (Å²) in [5, 5.41) is 10.7. The molecule has 0 aliphatic carbocycles. The van der Waals surface area contributed by atoms with Crippen LogP contribution in [0, 0.1) is 11.6 Å². The Bertz CT molecular complexity index is 517. The van der Waals surface area contributed by atoms with E-state index >= 15 is 0 Å². The Labute approximate surface area is 104 Å². The molecule has 1 unspecified atom stereocenters. The lowest BCUT2D eigenvalue weighted by molar-refractivity contribution is 0.514. The molecular weight excluding hydrogens is 236 g/mol. The molecule has 0 fully saturated rings.